The van der Waals surface area contributed by atoms with E-state index in [2.05, 4.69) is 44.0 Å². The lowest BCUT2D eigenvalue weighted by molar-refractivity contribution is 0.334. The molecule has 2 N–H and O–H groups in total. The van der Waals surface area contributed by atoms with Gasteiger partial charge in [0.15, 0.2) is 0 Å². The first kappa shape index (κ1) is 15.5. The van der Waals surface area contributed by atoms with Gasteiger partial charge in [-0.15, -0.1) is 0 Å². The van der Waals surface area contributed by atoms with E-state index < -0.39 is 0 Å². The first-order valence-corrected chi connectivity index (χ1v) is 8.11. The summed E-state index contributed by atoms with van der Waals surface area (Å²) in [6.45, 7) is 2.62. The van der Waals surface area contributed by atoms with Crippen molar-refractivity contribution >= 4 is 31.9 Å². The van der Waals surface area contributed by atoms with Gasteiger partial charge in [0.25, 0.3) is 0 Å². The van der Waals surface area contributed by atoms with Crippen LogP contribution < -0.4 is 10.5 Å². The van der Waals surface area contributed by atoms with Crippen LogP contribution in [0.25, 0.3) is 0 Å². The smallest absolute Gasteiger partial charge is 0.124 e. The summed E-state index contributed by atoms with van der Waals surface area (Å²) in [6, 6.07) is 14.1. The van der Waals surface area contributed by atoms with Gasteiger partial charge >= 0.3 is 0 Å². The van der Waals surface area contributed by atoms with Gasteiger partial charge in [0.1, 0.15) is 5.75 Å². The summed E-state index contributed by atoms with van der Waals surface area (Å²) >= 11 is 6.93. The minimum atomic E-state index is -0.0878. The Bertz CT molecular complexity index is 569. The molecule has 0 aliphatic heterocycles. The lowest BCUT2D eigenvalue weighted by Gasteiger charge is -2.17. The fraction of sp³-hybridized carbons (Fsp3) is 0.250. The molecule has 0 bridgehead atoms. The van der Waals surface area contributed by atoms with Crippen molar-refractivity contribution in [3.8, 4) is 5.75 Å². The zero-order chi connectivity index (χ0) is 14.5. The van der Waals surface area contributed by atoms with Crippen molar-refractivity contribution in [3.05, 3.63) is 62.5 Å². The lowest BCUT2D eigenvalue weighted by atomic mass is 9.99. The number of hydrogen-bond acceptors (Lipinski definition) is 2. The Morgan fingerprint density at radius 2 is 1.70 bits per heavy atom. The maximum Gasteiger partial charge on any atom is 0.124 e. The second kappa shape index (κ2) is 7.25. The van der Waals surface area contributed by atoms with Gasteiger partial charge in [0.05, 0.1) is 6.61 Å². The van der Waals surface area contributed by atoms with Gasteiger partial charge in [-0.25, -0.2) is 0 Å². The molecule has 0 aromatic heterocycles. The molecule has 0 radical (unpaired) electrons. The Kier molecular flexibility index (Phi) is 5.64. The van der Waals surface area contributed by atoms with Crippen LogP contribution in [0.2, 0.25) is 0 Å². The first-order chi connectivity index (χ1) is 9.60. The highest BCUT2D eigenvalue weighted by atomic mass is 79.9. The van der Waals surface area contributed by atoms with Crippen LogP contribution in [-0.2, 0) is 6.42 Å². The predicted molar refractivity (Wildman–Crippen MR) is 90.1 cm³/mol. The molecule has 0 heterocycles. The molecule has 20 heavy (non-hydrogen) atoms. The van der Waals surface area contributed by atoms with E-state index in [-0.39, 0.29) is 6.04 Å². The van der Waals surface area contributed by atoms with Gasteiger partial charge in [-0.2, -0.15) is 0 Å². The molecule has 1 unspecified atom stereocenters. The zero-order valence-electron chi connectivity index (χ0n) is 11.3. The van der Waals surface area contributed by atoms with Gasteiger partial charge in [0.2, 0.25) is 0 Å². The molecular weight excluding hydrogens is 382 g/mol. The predicted octanol–water partition coefficient (Wildman–Crippen LogP) is 4.85. The second-order valence-corrected chi connectivity index (χ2v) is 6.38. The molecule has 1 atom stereocenters. The summed E-state index contributed by atoms with van der Waals surface area (Å²) in [4.78, 5) is 0. The molecule has 4 heteroatoms. The minimum Gasteiger partial charge on any atom is -0.494 e. The lowest BCUT2D eigenvalue weighted by Crippen LogP contribution is -2.15. The molecular formula is C16H17Br2NO. The van der Waals surface area contributed by atoms with E-state index >= 15 is 0 Å². The van der Waals surface area contributed by atoms with Crippen LogP contribution in [0.4, 0.5) is 0 Å². The number of ether oxygens (including phenoxy) is 1. The maximum atomic E-state index is 6.35. The standard InChI is InChI=1S/C16H17Br2NO/c1-2-20-16-8-7-13(18)10-14(16)15(19)9-11-3-5-12(17)6-4-11/h3-8,10,15H,2,9,19H2,1H3. The van der Waals surface area contributed by atoms with E-state index in [1.807, 2.05) is 37.3 Å². The Hall–Kier alpha value is -0.840. The maximum absolute atomic E-state index is 6.35. The van der Waals surface area contributed by atoms with Crippen molar-refractivity contribution < 1.29 is 4.74 Å². The van der Waals surface area contributed by atoms with Crippen molar-refractivity contribution in [1.29, 1.82) is 0 Å². The van der Waals surface area contributed by atoms with Crippen molar-refractivity contribution in [2.45, 2.75) is 19.4 Å². The third-order valence-electron chi connectivity index (χ3n) is 3.04. The topological polar surface area (TPSA) is 35.2 Å². The highest BCUT2D eigenvalue weighted by molar-refractivity contribution is 9.10. The SMILES string of the molecule is CCOc1ccc(Br)cc1C(N)Cc1ccc(Br)cc1. The number of hydrogen-bond donors (Lipinski definition) is 1. The number of halogens is 2. The van der Waals surface area contributed by atoms with Crippen molar-refractivity contribution in [2.75, 3.05) is 6.61 Å². The molecule has 2 rings (SSSR count). The molecule has 0 amide bonds. The van der Waals surface area contributed by atoms with Crippen LogP contribution in [0.3, 0.4) is 0 Å². The van der Waals surface area contributed by atoms with E-state index in [4.69, 9.17) is 10.5 Å². The van der Waals surface area contributed by atoms with Gasteiger partial charge in [-0.1, -0.05) is 44.0 Å². The van der Waals surface area contributed by atoms with Crippen LogP contribution in [0.1, 0.15) is 24.1 Å². The zero-order valence-corrected chi connectivity index (χ0v) is 14.4. The van der Waals surface area contributed by atoms with Crippen LogP contribution in [0.15, 0.2) is 51.4 Å². The number of rotatable bonds is 5. The molecule has 0 aliphatic carbocycles. The van der Waals surface area contributed by atoms with Crippen molar-refractivity contribution in [3.63, 3.8) is 0 Å². The van der Waals surface area contributed by atoms with Gasteiger partial charge in [0, 0.05) is 20.6 Å². The van der Waals surface area contributed by atoms with Crippen LogP contribution >= 0.6 is 31.9 Å². The summed E-state index contributed by atoms with van der Waals surface area (Å²) in [6.07, 6.45) is 0.782. The monoisotopic (exact) mass is 397 g/mol. The van der Waals surface area contributed by atoms with E-state index in [9.17, 15) is 0 Å². The molecule has 2 aromatic carbocycles. The van der Waals surface area contributed by atoms with E-state index in [1.54, 1.807) is 0 Å². The van der Waals surface area contributed by atoms with Gasteiger partial charge in [-0.05, 0) is 49.2 Å². The summed E-state index contributed by atoms with van der Waals surface area (Å²) in [7, 11) is 0. The Balaban J connectivity index is 2.21. The minimum absolute atomic E-state index is 0.0878. The Morgan fingerprint density at radius 1 is 1.05 bits per heavy atom. The molecule has 0 spiro atoms. The summed E-state index contributed by atoms with van der Waals surface area (Å²) < 4.78 is 7.75. The fourth-order valence-corrected chi connectivity index (χ4v) is 2.72. The normalized spacial score (nSPS) is 12.2. The Morgan fingerprint density at radius 3 is 2.35 bits per heavy atom. The largest absolute Gasteiger partial charge is 0.494 e. The van der Waals surface area contributed by atoms with E-state index in [0.29, 0.717) is 6.61 Å². The van der Waals surface area contributed by atoms with Crippen LogP contribution in [-0.4, -0.2) is 6.61 Å². The highest BCUT2D eigenvalue weighted by Crippen LogP contribution is 2.29. The number of benzene rings is 2. The summed E-state index contributed by atoms with van der Waals surface area (Å²) in [5, 5.41) is 0. The molecule has 2 nitrogen and oxygen atoms in total. The molecule has 106 valence electrons. The summed E-state index contributed by atoms with van der Waals surface area (Å²) in [5.41, 5.74) is 8.60. The van der Waals surface area contributed by atoms with Crippen molar-refractivity contribution in [2.24, 2.45) is 5.73 Å². The molecule has 0 aliphatic rings. The highest BCUT2D eigenvalue weighted by Gasteiger charge is 2.13. The molecule has 2 aromatic rings. The van der Waals surface area contributed by atoms with Gasteiger partial charge in [-0.3, -0.25) is 0 Å². The fourth-order valence-electron chi connectivity index (χ4n) is 2.08. The van der Waals surface area contributed by atoms with Crippen molar-refractivity contribution in [1.82, 2.24) is 0 Å². The van der Waals surface area contributed by atoms with Gasteiger partial charge < -0.3 is 10.5 Å². The summed E-state index contributed by atoms with van der Waals surface area (Å²) in [5.74, 6) is 0.861. The molecule has 0 saturated carbocycles. The van der Waals surface area contributed by atoms with Crippen LogP contribution in [0, 0.1) is 0 Å². The van der Waals surface area contributed by atoms with E-state index in [1.165, 1.54) is 5.56 Å². The third-order valence-corrected chi connectivity index (χ3v) is 4.06. The average Bonchev–Trinajstić information content (AvgIpc) is 2.43. The van der Waals surface area contributed by atoms with E-state index in [0.717, 1.165) is 26.7 Å². The average molecular weight is 399 g/mol. The van der Waals surface area contributed by atoms with Crippen LogP contribution in [0.5, 0.6) is 5.75 Å². The molecule has 0 saturated heterocycles. The first-order valence-electron chi connectivity index (χ1n) is 6.52. The third kappa shape index (κ3) is 4.08. The Labute approximate surface area is 136 Å². The quantitative estimate of drug-likeness (QED) is 0.780. The second-order valence-electron chi connectivity index (χ2n) is 4.55. The number of nitrogens with two attached hydrogens (primary N) is 1. The molecule has 0 fully saturated rings.